The number of anilines is 1. The summed E-state index contributed by atoms with van der Waals surface area (Å²) in [5, 5.41) is 10.0. The molecule has 2 heterocycles. The van der Waals surface area contributed by atoms with Crippen LogP contribution in [0.5, 0.6) is 0 Å². The number of aromatic nitrogens is 2. The largest absolute Gasteiger partial charge is 0.408 e. The molecule has 0 aliphatic heterocycles. The van der Waals surface area contributed by atoms with Crippen LogP contribution in [0.25, 0.3) is 0 Å². The molecule has 0 spiro atoms. The summed E-state index contributed by atoms with van der Waals surface area (Å²) in [6.07, 6.45) is 4.61. The third-order valence-electron chi connectivity index (χ3n) is 2.97. The zero-order valence-electron chi connectivity index (χ0n) is 10.0. The highest BCUT2D eigenvalue weighted by molar-refractivity contribution is 7.14. The van der Waals surface area contributed by atoms with Crippen LogP contribution in [0.1, 0.15) is 38.8 Å². The Morgan fingerprint density at radius 2 is 2.22 bits per heavy atom. The summed E-state index contributed by atoms with van der Waals surface area (Å²) >= 11 is 1.57. The lowest BCUT2D eigenvalue weighted by atomic mass is 9.99. The third-order valence-corrected chi connectivity index (χ3v) is 4.20. The van der Waals surface area contributed by atoms with Gasteiger partial charge in [-0.1, -0.05) is 5.10 Å². The third kappa shape index (κ3) is 2.15. The molecule has 1 aliphatic rings. The van der Waals surface area contributed by atoms with Gasteiger partial charge in [0.15, 0.2) is 0 Å². The number of hydrogen-bond acceptors (Lipinski definition) is 5. The van der Waals surface area contributed by atoms with Crippen LogP contribution in [0, 0.1) is 6.92 Å². The first kappa shape index (κ1) is 11.4. The van der Waals surface area contributed by atoms with Gasteiger partial charge in [0.2, 0.25) is 5.89 Å². The fourth-order valence-corrected chi connectivity index (χ4v) is 3.26. The fourth-order valence-electron chi connectivity index (χ4n) is 2.11. The molecule has 0 bridgehead atoms. The molecule has 0 unspecified atom stereocenters. The van der Waals surface area contributed by atoms with Gasteiger partial charge in [-0.05, 0) is 37.3 Å². The summed E-state index contributed by atoms with van der Waals surface area (Å²) in [5.74, 6) is 0.272. The predicted molar refractivity (Wildman–Crippen MR) is 67.9 cm³/mol. The second-order valence-corrected chi connectivity index (χ2v) is 5.48. The van der Waals surface area contributed by atoms with E-state index in [-0.39, 0.29) is 11.9 Å². The predicted octanol–water partition coefficient (Wildman–Crippen LogP) is 2.57. The van der Waals surface area contributed by atoms with E-state index in [0.717, 1.165) is 17.7 Å². The van der Waals surface area contributed by atoms with Crippen molar-refractivity contribution in [1.82, 2.24) is 10.2 Å². The van der Waals surface area contributed by atoms with E-state index in [0.29, 0.717) is 5.89 Å². The smallest absolute Gasteiger partial charge is 0.322 e. The van der Waals surface area contributed by atoms with E-state index in [9.17, 15) is 4.79 Å². The van der Waals surface area contributed by atoms with Crippen LogP contribution in [0.3, 0.4) is 0 Å². The highest BCUT2D eigenvalue weighted by Crippen LogP contribution is 2.29. The molecule has 1 N–H and O–H groups in total. The van der Waals surface area contributed by atoms with Gasteiger partial charge < -0.3 is 4.42 Å². The van der Waals surface area contributed by atoms with E-state index in [2.05, 4.69) is 15.5 Å². The van der Waals surface area contributed by atoms with Gasteiger partial charge in [0.05, 0.1) is 4.88 Å². The topological polar surface area (TPSA) is 68.0 Å². The summed E-state index contributed by atoms with van der Waals surface area (Å²) in [5.41, 5.74) is 1.32. The number of fused-ring (bicyclic) bond motifs is 1. The minimum atomic E-state index is -0.168. The number of hydrogen-bond donors (Lipinski definition) is 1. The Hall–Kier alpha value is -1.69. The maximum atomic E-state index is 12.0. The van der Waals surface area contributed by atoms with Gasteiger partial charge in [-0.15, -0.1) is 16.4 Å². The van der Waals surface area contributed by atoms with Crippen molar-refractivity contribution in [2.45, 2.75) is 32.6 Å². The first-order chi connectivity index (χ1) is 8.72. The number of rotatable bonds is 2. The van der Waals surface area contributed by atoms with Crippen LogP contribution in [-0.4, -0.2) is 16.1 Å². The quantitative estimate of drug-likeness (QED) is 0.904. The summed E-state index contributed by atoms with van der Waals surface area (Å²) in [4.78, 5) is 14.1. The average molecular weight is 263 g/mol. The second kappa shape index (κ2) is 4.53. The van der Waals surface area contributed by atoms with E-state index in [4.69, 9.17) is 4.42 Å². The van der Waals surface area contributed by atoms with Gasteiger partial charge >= 0.3 is 6.01 Å². The van der Waals surface area contributed by atoms with Crippen LogP contribution in [0.2, 0.25) is 0 Å². The molecule has 0 atom stereocenters. The Morgan fingerprint density at radius 3 is 2.94 bits per heavy atom. The van der Waals surface area contributed by atoms with Gasteiger partial charge in [-0.3, -0.25) is 10.1 Å². The van der Waals surface area contributed by atoms with Crippen molar-refractivity contribution in [1.29, 1.82) is 0 Å². The lowest BCUT2D eigenvalue weighted by Crippen LogP contribution is -2.10. The zero-order chi connectivity index (χ0) is 12.5. The summed E-state index contributed by atoms with van der Waals surface area (Å²) in [6, 6.07) is 2.14. The van der Waals surface area contributed by atoms with Gasteiger partial charge in [0, 0.05) is 11.8 Å². The summed E-state index contributed by atoms with van der Waals surface area (Å²) in [7, 11) is 0. The summed E-state index contributed by atoms with van der Waals surface area (Å²) < 4.78 is 5.13. The monoisotopic (exact) mass is 263 g/mol. The van der Waals surface area contributed by atoms with E-state index in [1.165, 1.54) is 23.3 Å². The van der Waals surface area contributed by atoms with Gasteiger partial charge in [-0.25, -0.2) is 0 Å². The molecule has 1 aliphatic carbocycles. The Morgan fingerprint density at radius 1 is 1.39 bits per heavy atom. The average Bonchev–Trinajstić information content (AvgIpc) is 2.95. The molecule has 0 saturated heterocycles. The van der Waals surface area contributed by atoms with Crippen LogP contribution < -0.4 is 5.32 Å². The van der Waals surface area contributed by atoms with Crippen molar-refractivity contribution in [3.8, 4) is 0 Å². The Bertz CT molecular complexity index is 564. The standard InChI is InChI=1S/C12H13N3O2S/c1-7-14-15-12(17-7)13-11(16)10-6-8-4-2-3-5-9(8)18-10/h6H,2-5H2,1H3,(H,13,15,16). The van der Waals surface area contributed by atoms with Gasteiger partial charge in [0.25, 0.3) is 5.91 Å². The SMILES string of the molecule is Cc1nnc(NC(=O)c2cc3c(s2)CCCC3)o1. The number of carbonyl (C=O) groups is 1. The summed E-state index contributed by atoms with van der Waals surface area (Å²) in [6.45, 7) is 1.69. The van der Waals surface area contributed by atoms with Crippen molar-refractivity contribution in [3.05, 3.63) is 27.3 Å². The molecule has 94 valence electrons. The van der Waals surface area contributed by atoms with E-state index >= 15 is 0 Å². The van der Waals surface area contributed by atoms with E-state index in [1.54, 1.807) is 18.3 Å². The molecule has 0 saturated carbocycles. The minimum Gasteiger partial charge on any atom is -0.408 e. The molecular weight excluding hydrogens is 250 g/mol. The fraction of sp³-hybridized carbons (Fsp3) is 0.417. The maximum absolute atomic E-state index is 12.0. The Labute approximate surface area is 108 Å². The lowest BCUT2D eigenvalue weighted by molar-refractivity contribution is 0.102. The molecule has 2 aromatic heterocycles. The maximum Gasteiger partial charge on any atom is 0.322 e. The second-order valence-electron chi connectivity index (χ2n) is 4.35. The van der Waals surface area contributed by atoms with Crippen LogP contribution >= 0.6 is 11.3 Å². The highest BCUT2D eigenvalue weighted by Gasteiger charge is 2.18. The highest BCUT2D eigenvalue weighted by atomic mass is 32.1. The van der Waals surface area contributed by atoms with Crippen molar-refractivity contribution in [2.75, 3.05) is 5.32 Å². The van der Waals surface area contributed by atoms with Crippen LogP contribution in [-0.2, 0) is 12.8 Å². The van der Waals surface area contributed by atoms with Gasteiger partial charge in [0.1, 0.15) is 0 Å². The first-order valence-electron chi connectivity index (χ1n) is 5.95. The molecule has 0 radical (unpaired) electrons. The van der Waals surface area contributed by atoms with Crippen LogP contribution in [0.4, 0.5) is 6.01 Å². The van der Waals surface area contributed by atoms with Crippen molar-refractivity contribution < 1.29 is 9.21 Å². The number of aryl methyl sites for hydroxylation is 3. The molecule has 2 aromatic rings. The molecule has 0 fully saturated rings. The number of nitrogens with one attached hydrogen (secondary N) is 1. The lowest BCUT2D eigenvalue weighted by Gasteiger charge is -2.08. The Balaban J connectivity index is 1.78. The molecule has 6 heteroatoms. The molecule has 0 aromatic carbocycles. The van der Waals surface area contributed by atoms with E-state index < -0.39 is 0 Å². The van der Waals surface area contributed by atoms with Crippen molar-refractivity contribution in [2.24, 2.45) is 0 Å². The molecule has 18 heavy (non-hydrogen) atoms. The number of carbonyl (C=O) groups excluding carboxylic acids is 1. The normalized spacial score (nSPS) is 14.3. The minimum absolute atomic E-state index is 0.156. The van der Waals surface area contributed by atoms with Gasteiger partial charge in [-0.2, -0.15) is 0 Å². The molecular formula is C12H13N3O2S. The van der Waals surface area contributed by atoms with E-state index in [1.807, 2.05) is 6.07 Å². The Kier molecular flexibility index (Phi) is 2.87. The number of amides is 1. The first-order valence-corrected chi connectivity index (χ1v) is 6.77. The zero-order valence-corrected chi connectivity index (χ0v) is 10.8. The van der Waals surface area contributed by atoms with Crippen molar-refractivity contribution >= 4 is 23.3 Å². The molecule has 1 amide bonds. The number of thiophene rings is 1. The molecule has 3 rings (SSSR count). The van der Waals surface area contributed by atoms with Crippen LogP contribution in [0.15, 0.2) is 10.5 Å². The molecule has 5 nitrogen and oxygen atoms in total. The van der Waals surface area contributed by atoms with Crippen molar-refractivity contribution in [3.63, 3.8) is 0 Å². The number of nitrogens with zero attached hydrogens (tertiary/aromatic N) is 2.